The maximum atomic E-state index is 13.2. The number of ketones is 1. The SMILES string of the molecule is Cn1cc(C(=O)c2ccc(Cl)cc2Cl)c(-c2cccc3ccccc23)c1. The normalized spacial score (nSPS) is 11.0. The van der Waals surface area contributed by atoms with Gasteiger partial charge >= 0.3 is 0 Å². The van der Waals surface area contributed by atoms with Crippen molar-refractivity contribution in [2.24, 2.45) is 7.05 Å². The second kappa shape index (κ2) is 6.64. The summed E-state index contributed by atoms with van der Waals surface area (Å²) in [6.45, 7) is 0. The smallest absolute Gasteiger partial charge is 0.196 e. The van der Waals surface area contributed by atoms with E-state index in [1.54, 1.807) is 18.2 Å². The molecule has 0 fully saturated rings. The highest BCUT2D eigenvalue weighted by atomic mass is 35.5. The van der Waals surface area contributed by atoms with E-state index in [2.05, 4.69) is 18.2 Å². The Hall–Kier alpha value is -2.55. The van der Waals surface area contributed by atoms with Crippen molar-refractivity contribution >= 4 is 39.8 Å². The van der Waals surface area contributed by atoms with Gasteiger partial charge in [0.2, 0.25) is 0 Å². The Balaban J connectivity index is 1.91. The van der Waals surface area contributed by atoms with Crippen LogP contribution in [0.15, 0.2) is 73.1 Å². The van der Waals surface area contributed by atoms with Gasteiger partial charge in [-0.25, -0.2) is 0 Å². The number of hydrogen-bond donors (Lipinski definition) is 0. The fraction of sp³-hybridized carbons (Fsp3) is 0.0455. The van der Waals surface area contributed by atoms with Gasteiger partial charge in [0.1, 0.15) is 0 Å². The van der Waals surface area contributed by atoms with E-state index < -0.39 is 0 Å². The van der Waals surface area contributed by atoms with Crippen LogP contribution in [0.4, 0.5) is 0 Å². The molecule has 1 heterocycles. The number of rotatable bonds is 3. The number of benzene rings is 3. The van der Waals surface area contributed by atoms with Crippen LogP contribution in [0.1, 0.15) is 15.9 Å². The van der Waals surface area contributed by atoms with Crippen LogP contribution in [0.2, 0.25) is 10.0 Å². The van der Waals surface area contributed by atoms with Crippen molar-refractivity contribution in [1.82, 2.24) is 4.57 Å². The van der Waals surface area contributed by atoms with Crippen LogP contribution in [0.5, 0.6) is 0 Å². The van der Waals surface area contributed by atoms with Gasteiger partial charge in [-0.05, 0) is 34.5 Å². The Kier molecular flexibility index (Phi) is 4.31. The molecule has 2 nitrogen and oxygen atoms in total. The first-order chi connectivity index (χ1) is 12.5. The molecule has 4 rings (SSSR count). The van der Waals surface area contributed by atoms with Crippen molar-refractivity contribution in [3.8, 4) is 11.1 Å². The predicted molar refractivity (Wildman–Crippen MR) is 108 cm³/mol. The molecule has 0 unspecified atom stereocenters. The second-order valence-corrected chi connectivity index (χ2v) is 7.07. The number of hydrogen-bond acceptors (Lipinski definition) is 1. The molecule has 0 aliphatic carbocycles. The van der Waals surface area contributed by atoms with Crippen molar-refractivity contribution in [1.29, 1.82) is 0 Å². The fourth-order valence-corrected chi connectivity index (χ4v) is 3.75. The molecular formula is C22H15Cl2NO. The number of carbonyl (C=O) groups excluding carboxylic acids is 1. The highest BCUT2D eigenvalue weighted by Crippen LogP contribution is 2.34. The maximum Gasteiger partial charge on any atom is 0.196 e. The van der Waals surface area contributed by atoms with E-state index in [0.29, 0.717) is 21.2 Å². The molecule has 0 aliphatic rings. The van der Waals surface area contributed by atoms with Crippen LogP contribution >= 0.6 is 23.2 Å². The van der Waals surface area contributed by atoms with Crippen LogP contribution in [0, 0.1) is 0 Å². The zero-order valence-corrected chi connectivity index (χ0v) is 15.6. The zero-order valence-electron chi connectivity index (χ0n) is 14.0. The molecule has 0 radical (unpaired) electrons. The van der Waals surface area contributed by atoms with E-state index in [4.69, 9.17) is 23.2 Å². The standard InChI is InChI=1S/C22H15Cl2NO/c1-25-12-19(17-8-4-6-14-5-2-3-7-16(14)17)20(13-25)22(26)18-10-9-15(23)11-21(18)24/h2-13H,1H3. The molecule has 4 aromatic rings. The number of aryl methyl sites for hydroxylation is 1. The maximum absolute atomic E-state index is 13.2. The summed E-state index contributed by atoms with van der Waals surface area (Å²) in [5, 5.41) is 3.11. The minimum atomic E-state index is -0.116. The van der Waals surface area contributed by atoms with E-state index in [9.17, 15) is 4.79 Å². The Labute approximate surface area is 161 Å². The highest BCUT2D eigenvalue weighted by Gasteiger charge is 2.20. The first-order valence-corrected chi connectivity index (χ1v) is 8.94. The van der Waals surface area contributed by atoms with E-state index >= 15 is 0 Å². The molecule has 128 valence electrons. The summed E-state index contributed by atoms with van der Waals surface area (Å²) in [4.78, 5) is 13.2. The van der Waals surface area contributed by atoms with Crippen LogP contribution in [0.3, 0.4) is 0 Å². The molecule has 0 saturated heterocycles. The molecule has 0 bridgehead atoms. The van der Waals surface area contributed by atoms with Gasteiger partial charge in [-0.15, -0.1) is 0 Å². The van der Waals surface area contributed by atoms with Crippen LogP contribution in [-0.2, 0) is 7.05 Å². The van der Waals surface area contributed by atoms with E-state index in [-0.39, 0.29) is 5.78 Å². The molecule has 0 saturated carbocycles. The molecule has 4 heteroatoms. The number of halogens is 2. The average Bonchev–Trinajstić information content (AvgIpc) is 3.02. The first-order valence-electron chi connectivity index (χ1n) is 8.18. The lowest BCUT2D eigenvalue weighted by atomic mass is 9.94. The van der Waals surface area contributed by atoms with E-state index in [1.165, 1.54) is 0 Å². The highest BCUT2D eigenvalue weighted by molar-refractivity contribution is 6.37. The molecule has 0 atom stereocenters. The number of aromatic nitrogens is 1. The topological polar surface area (TPSA) is 22.0 Å². The molecular weight excluding hydrogens is 365 g/mol. The summed E-state index contributed by atoms with van der Waals surface area (Å²) in [7, 11) is 1.91. The molecule has 0 amide bonds. The number of fused-ring (bicyclic) bond motifs is 1. The summed E-state index contributed by atoms with van der Waals surface area (Å²) in [6.07, 6.45) is 3.81. The summed E-state index contributed by atoms with van der Waals surface area (Å²) in [5.41, 5.74) is 2.98. The quantitative estimate of drug-likeness (QED) is 0.378. The Morgan fingerprint density at radius 1 is 0.846 bits per heavy atom. The van der Waals surface area contributed by atoms with E-state index in [1.807, 2.05) is 48.3 Å². The third-order valence-electron chi connectivity index (χ3n) is 4.46. The monoisotopic (exact) mass is 379 g/mol. The first kappa shape index (κ1) is 16.9. The molecule has 26 heavy (non-hydrogen) atoms. The number of carbonyl (C=O) groups is 1. The van der Waals surface area contributed by atoms with Crippen molar-refractivity contribution in [3.05, 3.63) is 94.2 Å². The lowest BCUT2D eigenvalue weighted by molar-refractivity contribution is 0.103. The molecule has 0 aliphatic heterocycles. The molecule has 0 N–H and O–H groups in total. The average molecular weight is 380 g/mol. The zero-order chi connectivity index (χ0) is 18.3. The molecule has 0 spiro atoms. The van der Waals surface area contributed by atoms with Gasteiger partial charge in [0.05, 0.1) is 5.02 Å². The van der Waals surface area contributed by atoms with Gasteiger partial charge in [-0.2, -0.15) is 0 Å². The minimum Gasteiger partial charge on any atom is -0.356 e. The van der Waals surface area contributed by atoms with Crippen molar-refractivity contribution in [3.63, 3.8) is 0 Å². The van der Waals surface area contributed by atoms with Crippen LogP contribution < -0.4 is 0 Å². The lowest BCUT2D eigenvalue weighted by Crippen LogP contribution is -2.03. The predicted octanol–water partition coefficient (Wildman–Crippen LogP) is 6.38. The van der Waals surface area contributed by atoms with Gasteiger partial charge < -0.3 is 4.57 Å². The fourth-order valence-electron chi connectivity index (χ4n) is 3.26. The third kappa shape index (κ3) is 2.92. The van der Waals surface area contributed by atoms with Crippen molar-refractivity contribution in [2.75, 3.05) is 0 Å². The minimum absolute atomic E-state index is 0.116. The lowest BCUT2D eigenvalue weighted by Gasteiger charge is -2.09. The summed E-state index contributed by atoms with van der Waals surface area (Å²) >= 11 is 12.2. The summed E-state index contributed by atoms with van der Waals surface area (Å²) < 4.78 is 1.90. The molecule has 1 aromatic heterocycles. The Morgan fingerprint density at radius 2 is 1.62 bits per heavy atom. The van der Waals surface area contributed by atoms with Gasteiger partial charge in [-0.3, -0.25) is 4.79 Å². The summed E-state index contributed by atoms with van der Waals surface area (Å²) in [6, 6.07) is 19.2. The number of nitrogens with zero attached hydrogens (tertiary/aromatic N) is 1. The molecule has 3 aromatic carbocycles. The van der Waals surface area contributed by atoms with Gasteiger partial charge in [0.25, 0.3) is 0 Å². The van der Waals surface area contributed by atoms with Gasteiger partial charge in [0, 0.05) is 41.2 Å². The Bertz CT molecular complexity index is 1140. The van der Waals surface area contributed by atoms with Crippen molar-refractivity contribution in [2.45, 2.75) is 0 Å². The second-order valence-electron chi connectivity index (χ2n) is 6.23. The van der Waals surface area contributed by atoms with Crippen molar-refractivity contribution < 1.29 is 4.79 Å². The van der Waals surface area contributed by atoms with Crippen LogP contribution in [-0.4, -0.2) is 10.4 Å². The Morgan fingerprint density at radius 3 is 2.42 bits per heavy atom. The third-order valence-corrected chi connectivity index (χ3v) is 5.00. The van der Waals surface area contributed by atoms with E-state index in [0.717, 1.165) is 21.9 Å². The van der Waals surface area contributed by atoms with Crippen LogP contribution in [0.25, 0.3) is 21.9 Å². The summed E-state index contributed by atoms with van der Waals surface area (Å²) in [5.74, 6) is -0.116. The largest absolute Gasteiger partial charge is 0.356 e. The van der Waals surface area contributed by atoms with Gasteiger partial charge in [-0.1, -0.05) is 65.7 Å². The van der Waals surface area contributed by atoms with Gasteiger partial charge in [0.15, 0.2) is 5.78 Å².